The van der Waals surface area contributed by atoms with Gasteiger partial charge < -0.3 is 14.5 Å². The first-order chi connectivity index (χ1) is 15.5. The summed E-state index contributed by atoms with van der Waals surface area (Å²) >= 11 is 0. The van der Waals surface area contributed by atoms with E-state index in [0.717, 1.165) is 19.6 Å². The van der Waals surface area contributed by atoms with Gasteiger partial charge in [-0.05, 0) is 19.4 Å². The quantitative estimate of drug-likeness (QED) is 0.503. The van der Waals surface area contributed by atoms with E-state index in [9.17, 15) is 10.1 Å². The molecule has 2 fully saturated rings. The van der Waals surface area contributed by atoms with Gasteiger partial charge in [0, 0.05) is 45.8 Å². The lowest BCUT2D eigenvalue weighted by atomic mass is 10.2. The highest BCUT2D eigenvalue weighted by Crippen LogP contribution is 2.35. The molecule has 4 rings (SSSR count). The summed E-state index contributed by atoms with van der Waals surface area (Å²) in [5, 5.41) is 12.1. The Morgan fingerprint density at radius 3 is 2.28 bits per heavy atom. The Morgan fingerprint density at radius 1 is 1.03 bits per heavy atom. The van der Waals surface area contributed by atoms with E-state index in [1.54, 1.807) is 0 Å². The van der Waals surface area contributed by atoms with Crippen LogP contribution in [0.15, 0.2) is 42.7 Å². The van der Waals surface area contributed by atoms with Crippen LogP contribution in [0.25, 0.3) is 6.08 Å². The van der Waals surface area contributed by atoms with Crippen LogP contribution < -0.4 is 9.80 Å². The lowest BCUT2D eigenvalue weighted by Crippen LogP contribution is -2.47. The minimum absolute atomic E-state index is 0.00813. The molecule has 170 valence electrons. The van der Waals surface area contributed by atoms with Crippen LogP contribution in [0.5, 0.6) is 0 Å². The largest absolute Gasteiger partial charge is 0.372 e. The molecule has 0 N–H and O–H groups in total. The molecule has 32 heavy (non-hydrogen) atoms. The summed E-state index contributed by atoms with van der Waals surface area (Å²) in [4.78, 5) is 26.6. The van der Waals surface area contributed by atoms with E-state index in [2.05, 4.69) is 39.2 Å². The number of piperazine rings is 1. The number of ether oxygens (including phenoxy) is 1. The smallest absolute Gasteiger partial charge is 0.353 e. The molecule has 2 unspecified atom stereocenters. The molecule has 2 aliphatic rings. The molecule has 1 aromatic carbocycles. The Labute approximate surface area is 188 Å². The van der Waals surface area contributed by atoms with Crippen molar-refractivity contribution in [2.75, 3.05) is 55.6 Å². The van der Waals surface area contributed by atoms with Crippen molar-refractivity contribution in [3.8, 4) is 0 Å². The standard InChI is InChI=1S/C23H30N6O3/c1-18-15-28(16-19(2)32-18)23-21(29(30)31)22(24-17-25-23)27-13-11-26(12-14-27)10-6-9-20-7-4-3-5-8-20/h3-9,17-19H,10-16H2,1-2H3/b9-6-. The molecule has 9 nitrogen and oxygen atoms in total. The number of morpholine rings is 1. The van der Waals surface area contributed by atoms with Crippen molar-refractivity contribution in [1.82, 2.24) is 14.9 Å². The second kappa shape index (κ2) is 10.1. The van der Waals surface area contributed by atoms with Crippen molar-refractivity contribution >= 4 is 23.4 Å². The first kappa shape index (κ1) is 22.2. The van der Waals surface area contributed by atoms with Crippen LogP contribution in [0.2, 0.25) is 0 Å². The zero-order valence-corrected chi connectivity index (χ0v) is 18.6. The molecule has 0 saturated carbocycles. The van der Waals surface area contributed by atoms with Crippen molar-refractivity contribution in [2.24, 2.45) is 0 Å². The molecule has 0 amide bonds. The highest BCUT2D eigenvalue weighted by Gasteiger charge is 2.34. The highest BCUT2D eigenvalue weighted by atomic mass is 16.6. The monoisotopic (exact) mass is 438 g/mol. The Kier molecular flexibility index (Phi) is 6.96. The Balaban J connectivity index is 1.44. The van der Waals surface area contributed by atoms with Gasteiger partial charge in [-0.1, -0.05) is 42.5 Å². The predicted octanol–water partition coefficient (Wildman–Crippen LogP) is 2.83. The summed E-state index contributed by atoms with van der Waals surface area (Å²) in [6, 6.07) is 10.2. The lowest BCUT2D eigenvalue weighted by molar-refractivity contribution is -0.383. The number of aromatic nitrogens is 2. The van der Waals surface area contributed by atoms with E-state index < -0.39 is 0 Å². The lowest BCUT2D eigenvalue weighted by Gasteiger charge is -2.37. The van der Waals surface area contributed by atoms with E-state index in [-0.39, 0.29) is 22.8 Å². The second-order valence-corrected chi connectivity index (χ2v) is 8.39. The zero-order valence-electron chi connectivity index (χ0n) is 18.6. The maximum atomic E-state index is 12.1. The van der Waals surface area contributed by atoms with Gasteiger partial charge in [0.1, 0.15) is 6.33 Å². The van der Waals surface area contributed by atoms with E-state index in [1.807, 2.05) is 41.8 Å². The summed E-state index contributed by atoms with van der Waals surface area (Å²) < 4.78 is 5.78. The number of anilines is 2. The Hall–Kier alpha value is -3.04. The Morgan fingerprint density at radius 2 is 1.66 bits per heavy atom. The Bertz CT molecular complexity index is 936. The number of nitrogens with zero attached hydrogens (tertiary/aromatic N) is 6. The number of nitro groups is 1. The third-order valence-corrected chi connectivity index (χ3v) is 5.83. The van der Waals surface area contributed by atoms with Crippen LogP contribution >= 0.6 is 0 Å². The molecule has 1 aromatic heterocycles. The molecule has 2 aromatic rings. The van der Waals surface area contributed by atoms with E-state index in [0.29, 0.717) is 37.8 Å². The summed E-state index contributed by atoms with van der Waals surface area (Å²) in [6.45, 7) is 8.96. The molecule has 0 spiro atoms. The maximum absolute atomic E-state index is 12.1. The molecular formula is C23H30N6O3. The normalized spacial score (nSPS) is 22.4. The van der Waals surface area contributed by atoms with Gasteiger partial charge in [0.2, 0.25) is 11.6 Å². The van der Waals surface area contributed by atoms with Crippen LogP contribution in [0.1, 0.15) is 19.4 Å². The van der Waals surface area contributed by atoms with E-state index >= 15 is 0 Å². The molecule has 0 radical (unpaired) electrons. The van der Waals surface area contributed by atoms with Crippen molar-refractivity contribution in [1.29, 1.82) is 0 Å². The van der Waals surface area contributed by atoms with E-state index in [1.165, 1.54) is 11.9 Å². The summed E-state index contributed by atoms with van der Waals surface area (Å²) in [5.74, 6) is 0.793. The van der Waals surface area contributed by atoms with Crippen molar-refractivity contribution in [2.45, 2.75) is 26.1 Å². The molecular weight excluding hydrogens is 408 g/mol. The average molecular weight is 439 g/mol. The summed E-state index contributed by atoms with van der Waals surface area (Å²) in [5.41, 5.74) is 1.17. The van der Waals surface area contributed by atoms with Crippen LogP contribution in [-0.2, 0) is 4.74 Å². The third-order valence-electron chi connectivity index (χ3n) is 5.83. The zero-order chi connectivity index (χ0) is 22.5. The number of hydrogen-bond donors (Lipinski definition) is 0. The van der Waals surface area contributed by atoms with Gasteiger partial charge in [-0.3, -0.25) is 15.0 Å². The van der Waals surface area contributed by atoms with Crippen LogP contribution in [0.3, 0.4) is 0 Å². The maximum Gasteiger partial charge on any atom is 0.353 e. The van der Waals surface area contributed by atoms with Gasteiger partial charge in [-0.25, -0.2) is 9.97 Å². The molecule has 2 aliphatic heterocycles. The fourth-order valence-corrected chi connectivity index (χ4v) is 4.38. The third kappa shape index (κ3) is 5.23. The first-order valence-electron chi connectivity index (χ1n) is 11.1. The molecule has 2 saturated heterocycles. The molecule has 9 heteroatoms. The predicted molar refractivity (Wildman–Crippen MR) is 125 cm³/mol. The van der Waals surface area contributed by atoms with Gasteiger partial charge in [0.15, 0.2) is 0 Å². The molecule has 2 atom stereocenters. The van der Waals surface area contributed by atoms with Crippen LogP contribution in [0.4, 0.5) is 17.3 Å². The van der Waals surface area contributed by atoms with Gasteiger partial charge in [-0.2, -0.15) is 0 Å². The number of hydrogen-bond acceptors (Lipinski definition) is 8. The molecule has 0 bridgehead atoms. The van der Waals surface area contributed by atoms with Gasteiger partial charge >= 0.3 is 5.69 Å². The van der Waals surface area contributed by atoms with Crippen LogP contribution in [0, 0.1) is 10.1 Å². The van der Waals surface area contributed by atoms with Gasteiger partial charge in [-0.15, -0.1) is 0 Å². The topological polar surface area (TPSA) is 87.9 Å². The number of benzene rings is 1. The second-order valence-electron chi connectivity index (χ2n) is 8.39. The van der Waals surface area contributed by atoms with Gasteiger partial charge in [0.25, 0.3) is 0 Å². The van der Waals surface area contributed by atoms with Crippen molar-refractivity contribution in [3.63, 3.8) is 0 Å². The average Bonchev–Trinajstić information content (AvgIpc) is 2.79. The first-order valence-corrected chi connectivity index (χ1v) is 11.1. The van der Waals surface area contributed by atoms with Crippen molar-refractivity contribution in [3.05, 3.63) is 58.4 Å². The van der Waals surface area contributed by atoms with Crippen LogP contribution in [-0.4, -0.2) is 77.8 Å². The molecule has 3 heterocycles. The molecule has 0 aliphatic carbocycles. The van der Waals surface area contributed by atoms with Gasteiger partial charge in [0.05, 0.1) is 17.1 Å². The fraction of sp³-hybridized carbons (Fsp3) is 0.478. The minimum atomic E-state index is -0.343. The number of rotatable bonds is 6. The highest BCUT2D eigenvalue weighted by molar-refractivity contribution is 5.71. The SMILES string of the molecule is CC1CN(c2ncnc(N3CCN(C/C=C\c4ccccc4)CC3)c2[N+](=O)[O-])CC(C)O1. The summed E-state index contributed by atoms with van der Waals surface area (Å²) in [6.07, 6.45) is 5.71. The summed E-state index contributed by atoms with van der Waals surface area (Å²) in [7, 11) is 0. The minimum Gasteiger partial charge on any atom is -0.372 e. The fourth-order valence-electron chi connectivity index (χ4n) is 4.38. The van der Waals surface area contributed by atoms with E-state index in [4.69, 9.17) is 4.74 Å². The van der Waals surface area contributed by atoms with Crippen molar-refractivity contribution < 1.29 is 9.66 Å².